The number of imidazole rings is 1. The largest absolute Gasteiger partial charge is 0.469 e. The highest BCUT2D eigenvalue weighted by Gasteiger charge is 2.41. The van der Waals surface area contributed by atoms with E-state index in [-0.39, 0.29) is 82.8 Å². The maximum absolute atomic E-state index is 13.9. The zero-order valence-corrected chi connectivity index (χ0v) is 36.4. The molecule has 8 atom stereocenters. The second kappa shape index (κ2) is 27.0. The summed E-state index contributed by atoms with van der Waals surface area (Å²) in [5, 5.41) is 22.2. The minimum atomic E-state index is -5.13. The van der Waals surface area contributed by atoms with Crippen LogP contribution in [0.15, 0.2) is 12.5 Å². The zero-order chi connectivity index (χ0) is 46.6. The average Bonchev–Trinajstić information content (AvgIpc) is 3.89. The number of phosphoric ester groups is 1. The predicted octanol–water partition coefficient (Wildman–Crippen LogP) is -5.43. The van der Waals surface area contributed by atoms with Crippen molar-refractivity contribution in [2.45, 2.75) is 94.9 Å². The van der Waals surface area contributed by atoms with Crippen molar-refractivity contribution >= 4 is 61.8 Å². The molecule has 26 nitrogen and oxygen atoms in total. The summed E-state index contributed by atoms with van der Waals surface area (Å²) in [5.41, 5.74) is 11.2. The number of thiol groups is 1. The van der Waals surface area contributed by atoms with Gasteiger partial charge in [-0.05, 0) is 19.3 Å². The molecule has 1 saturated heterocycles. The van der Waals surface area contributed by atoms with E-state index in [2.05, 4.69) is 53.7 Å². The molecule has 0 spiro atoms. The van der Waals surface area contributed by atoms with Crippen molar-refractivity contribution in [1.29, 1.82) is 0 Å². The van der Waals surface area contributed by atoms with Crippen molar-refractivity contribution in [2.24, 2.45) is 23.3 Å². The molecule has 1 aliphatic rings. The number of aromatic nitrogens is 2. The van der Waals surface area contributed by atoms with Gasteiger partial charge in [-0.15, -0.1) is 0 Å². The third-order valence-corrected chi connectivity index (χ3v) is 10.1. The molecular formula is C34H60N11O15PS. The van der Waals surface area contributed by atoms with Crippen molar-refractivity contribution < 1.29 is 71.9 Å². The first-order valence-corrected chi connectivity index (χ1v) is 21.6. The Morgan fingerprint density at radius 1 is 0.952 bits per heavy atom. The van der Waals surface area contributed by atoms with E-state index in [0.29, 0.717) is 5.69 Å². The van der Waals surface area contributed by atoms with Crippen LogP contribution < -0.4 is 43.9 Å². The van der Waals surface area contributed by atoms with E-state index in [4.69, 9.17) is 41.5 Å². The highest BCUT2D eigenvalue weighted by atomic mass is 32.1. The van der Waals surface area contributed by atoms with Crippen molar-refractivity contribution in [2.75, 3.05) is 51.9 Å². The maximum atomic E-state index is 13.9. The molecule has 0 aromatic carbocycles. The van der Waals surface area contributed by atoms with Crippen molar-refractivity contribution in [3.8, 4) is 0 Å². The number of hydrogen-bond donors (Lipinski definition) is 13. The van der Waals surface area contributed by atoms with Crippen molar-refractivity contribution in [3.63, 3.8) is 0 Å². The molecule has 28 heteroatoms. The fourth-order valence-corrected chi connectivity index (χ4v) is 6.71. The van der Waals surface area contributed by atoms with Crippen LogP contribution in [0.25, 0.3) is 0 Å². The lowest BCUT2D eigenvalue weighted by atomic mass is 10.0. The average molecular weight is 926 g/mol. The van der Waals surface area contributed by atoms with E-state index in [1.165, 1.54) is 17.4 Å². The first kappa shape index (κ1) is 53.9. The lowest BCUT2D eigenvalue weighted by molar-refractivity contribution is -0.140. The van der Waals surface area contributed by atoms with Gasteiger partial charge in [0.25, 0.3) is 0 Å². The number of aliphatic hydroxyl groups excluding tert-OH is 1. The van der Waals surface area contributed by atoms with Crippen LogP contribution in [0, 0.1) is 5.92 Å². The highest BCUT2D eigenvalue weighted by Crippen LogP contribution is 2.38. The Balaban J connectivity index is 2.11. The van der Waals surface area contributed by atoms with Gasteiger partial charge in [-0.2, -0.15) is 12.6 Å². The number of nitrogens with one attached hydrogen (secondary N) is 6. The summed E-state index contributed by atoms with van der Waals surface area (Å²) >= 11 is 3.97. The lowest BCUT2D eigenvalue weighted by Crippen LogP contribution is -2.61. The van der Waals surface area contributed by atoms with Gasteiger partial charge in [0.05, 0.1) is 64.0 Å². The van der Waals surface area contributed by atoms with Gasteiger partial charge in [-0.3, -0.25) is 42.9 Å². The lowest BCUT2D eigenvalue weighted by Gasteiger charge is -2.28. The van der Waals surface area contributed by atoms with Crippen LogP contribution in [0.2, 0.25) is 0 Å². The maximum Gasteiger partial charge on any atom is 0.469 e. The quantitative estimate of drug-likeness (QED) is 0.0154. The molecule has 7 amide bonds. The first-order valence-electron chi connectivity index (χ1n) is 19.5. The van der Waals surface area contributed by atoms with Crippen LogP contribution in [0.4, 0.5) is 0 Å². The fourth-order valence-electron chi connectivity index (χ4n) is 5.99. The van der Waals surface area contributed by atoms with Crippen LogP contribution in [0.1, 0.15) is 45.7 Å². The number of rotatable bonds is 29. The van der Waals surface area contributed by atoms with Gasteiger partial charge >= 0.3 is 7.82 Å². The van der Waals surface area contributed by atoms with Crippen LogP contribution in [0.3, 0.4) is 0 Å². The Morgan fingerprint density at radius 3 is 2.15 bits per heavy atom. The Kier molecular flexibility index (Phi) is 23.5. The number of primary amides is 1. The standard InChI is InChI=1S/C34H60N11O15PS/c1-18(2)10-23(42-34(53)26-12-21(59-37)14-45(26)27(47)4-6-57-8-9-58-7-5-39-30(49)22(35)16-62)31(50)41-24(11-20-13-38-17-40-20)32(51)43-25(15-46)33(52)44-28(29(36)48)19(3)60-61(54,55)56/h13,17-19,21-26,28,46,62H,4-12,14-16,35,37H2,1-3H3,(H2,36,48)(H,38,40)(H,39,49)(H,41,50)(H,42,53)(H,43,51)(H,44,52)(H2,54,55,56)/t19?,21-,22+,23+,24+,25+,26+,28+/m1/s1. The molecule has 62 heavy (non-hydrogen) atoms. The molecule has 1 fully saturated rings. The number of nitrogens with zero attached hydrogens (tertiary/aromatic N) is 2. The molecule has 2 rings (SSSR count). The summed E-state index contributed by atoms with van der Waals surface area (Å²) in [6, 6.07) is -8.12. The number of carbonyl (C=O) groups is 7. The molecule has 0 aliphatic carbocycles. The molecule has 0 radical (unpaired) electrons. The van der Waals surface area contributed by atoms with E-state index in [0.717, 1.165) is 6.92 Å². The van der Waals surface area contributed by atoms with Gasteiger partial charge in [0.15, 0.2) is 0 Å². The second-order valence-electron chi connectivity index (χ2n) is 14.6. The van der Waals surface area contributed by atoms with E-state index in [1.54, 1.807) is 13.8 Å². The van der Waals surface area contributed by atoms with Gasteiger partial charge in [-0.1, -0.05) is 13.8 Å². The summed E-state index contributed by atoms with van der Waals surface area (Å²) in [6.07, 6.45) is 0.0712. The van der Waals surface area contributed by atoms with Crippen LogP contribution in [-0.4, -0.2) is 171 Å². The van der Waals surface area contributed by atoms with E-state index < -0.39 is 98.3 Å². The molecule has 15 N–H and O–H groups in total. The Morgan fingerprint density at radius 2 is 1.58 bits per heavy atom. The topological polar surface area (TPSA) is 404 Å². The molecule has 1 unspecified atom stereocenters. The summed E-state index contributed by atoms with van der Waals surface area (Å²) in [7, 11) is -5.13. The third-order valence-electron chi connectivity index (χ3n) is 9.13. The van der Waals surface area contributed by atoms with E-state index >= 15 is 0 Å². The minimum Gasteiger partial charge on any atom is -0.394 e. The van der Waals surface area contributed by atoms with Gasteiger partial charge < -0.3 is 72.3 Å². The number of aliphatic hydroxyl groups is 1. The molecule has 0 saturated carbocycles. The minimum absolute atomic E-state index is 0.00448. The van der Waals surface area contributed by atoms with Gasteiger partial charge in [-0.25, -0.2) is 15.4 Å². The van der Waals surface area contributed by atoms with E-state index in [9.17, 15) is 43.2 Å². The number of hydrogen-bond acceptors (Lipinski definition) is 17. The SMILES string of the molecule is CC(C)C[C@H](NC(=O)[C@@H]1C[C@@H](ON)CN1C(=O)CCOCCOCCNC(=O)[C@@H](N)CS)C(=O)N[C@@H](Cc1cnc[nH]1)C(=O)N[C@@H](CO)C(=O)N[C@H](C(N)=O)C(C)OP(=O)(O)O. The zero-order valence-electron chi connectivity index (χ0n) is 34.6. The number of carbonyl (C=O) groups excluding carboxylic acids is 7. The molecule has 352 valence electrons. The molecule has 1 aromatic heterocycles. The molecule has 0 bridgehead atoms. The van der Waals surface area contributed by atoms with Gasteiger partial charge in [0, 0.05) is 43.6 Å². The molecule has 1 aromatic rings. The number of amides is 7. The summed E-state index contributed by atoms with van der Waals surface area (Å²) in [4.78, 5) is 123. The predicted molar refractivity (Wildman–Crippen MR) is 219 cm³/mol. The first-order chi connectivity index (χ1) is 29.2. The summed E-state index contributed by atoms with van der Waals surface area (Å²) < 4.78 is 26.6. The van der Waals surface area contributed by atoms with Crippen molar-refractivity contribution in [1.82, 2.24) is 41.5 Å². The number of ether oxygens (including phenoxy) is 2. The number of likely N-dealkylation sites (tertiary alicyclic amines) is 1. The number of H-pyrrole nitrogens is 1. The molecule has 2 heterocycles. The molecule has 1 aliphatic heterocycles. The second-order valence-corrected chi connectivity index (χ2v) is 16.1. The fraction of sp³-hybridized carbons (Fsp3) is 0.706. The molecular weight excluding hydrogens is 865 g/mol. The Labute approximate surface area is 362 Å². The number of nitrogens with two attached hydrogens (primary N) is 3. The Bertz CT molecular complexity index is 1670. The van der Waals surface area contributed by atoms with Gasteiger partial charge in [0.2, 0.25) is 41.4 Å². The highest BCUT2D eigenvalue weighted by molar-refractivity contribution is 7.80. The van der Waals surface area contributed by atoms with Crippen LogP contribution in [-0.2, 0) is 63.4 Å². The summed E-state index contributed by atoms with van der Waals surface area (Å²) in [5.74, 6) is -0.329. The van der Waals surface area contributed by atoms with Crippen molar-refractivity contribution in [3.05, 3.63) is 18.2 Å². The normalized spacial score (nSPS) is 18.2. The van der Waals surface area contributed by atoms with Crippen LogP contribution in [0.5, 0.6) is 0 Å². The van der Waals surface area contributed by atoms with Crippen LogP contribution >= 0.6 is 20.5 Å². The third kappa shape index (κ3) is 19.0. The number of aromatic amines is 1. The monoisotopic (exact) mass is 925 g/mol. The smallest absolute Gasteiger partial charge is 0.394 e. The van der Waals surface area contributed by atoms with Gasteiger partial charge in [0.1, 0.15) is 30.2 Å². The van der Waals surface area contributed by atoms with E-state index in [1.807, 2.05) is 0 Å². The number of phosphoric acid groups is 1. The summed E-state index contributed by atoms with van der Waals surface area (Å²) in [6.45, 7) is 4.30. The Hall–Kier alpha value is -4.28.